The molecule has 0 fully saturated rings. The minimum absolute atomic E-state index is 0.00136. The summed E-state index contributed by atoms with van der Waals surface area (Å²) >= 11 is 0. The number of carboxylic acids is 1. The molecule has 0 spiro atoms. The SMILES string of the molecule is CCC(=O)c1ccc(Oc2cccc(F)c2C(=O)O)cc1. The lowest BCUT2D eigenvalue weighted by molar-refractivity contribution is 0.0688. The van der Waals surface area contributed by atoms with Crippen molar-refractivity contribution < 1.29 is 23.8 Å². The van der Waals surface area contributed by atoms with Gasteiger partial charge in [0.25, 0.3) is 0 Å². The van der Waals surface area contributed by atoms with E-state index in [-0.39, 0.29) is 11.5 Å². The molecule has 0 unspecified atom stereocenters. The Bertz CT molecular complexity index is 677. The Hall–Kier alpha value is -2.69. The first kappa shape index (κ1) is 14.7. The van der Waals surface area contributed by atoms with Crippen LogP contribution < -0.4 is 4.74 Å². The molecule has 2 rings (SSSR count). The van der Waals surface area contributed by atoms with Gasteiger partial charge in [-0.2, -0.15) is 0 Å². The van der Waals surface area contributed by atoms with Crippen LogP contribution in [-0.2, 0) is 0 Å². The van der Waals surface area contributed by atoms with Gasteiger partial charge in [-0.3, -0.25) is 4.79 Å². The lowest BCUT2D eigenvalue weighted by Gasteiger charge is -2.09. The van der Waals surface area contributed by atoms with Crippen molar-refractivity contribution in [3.8, 4) is 11.5 Å². The Balaban J connectivity index is 2.29. The van der Waals surface area contributed by atoms with E-state index >= 15 is 0 Å². The van der Waals surface area contributed by atoms with Crippen molar-refractivity contribution in [1.29, 1.82) is 0 Å². The van der Waals surface area contributed by atoms with E-state index in [0.717, 1.165) is 6.07 Å². The van der Waals surface area contributed by atoms with Crippen LogP contribution in [-0.4, -0.2) is 16.9 Å². The molecule has 0 aliphatic carbocycles. The lowest BCUT2D eigenvalue weighted by atomic mass is 10.1. The van der Waals surface area contributed by atoms with Crippen LogP contribution in [0, 0.1) is 5.82 Å². The molecule has 0 aromatic heterocycles. The molecule has 0 saturated carbocycles. The van der Waals surface area contributed by atoms with Gasteiger partial charge in [-0.25, -0.2) is 9.18 Å². The highest BCUT2D eigenvalue weighted by atomic mass is 19.1. The number of ether oxygens (including phenoxy) is 1. The number of carboxylic acid groups (broad SMARTS) is 1. The molecule has 2 aromatic rings. The van der Waals surface area contributed by atoms with Crippen molar-refractivity contribution in [2.45, 2.75) is 13.3 Å². The fourth-order valence-corrected chi connectivity index (χ4v) is 1.84. The second-order valence-electron chi connectivity index (χ2n) is 4.32. The summed E-state index contributed by atoms with van der Waals surface area (Å²) in [5.41, 5.74) is 0.0220. The zero-order chi connectivity index (χ0) is 15.4. The Morgan fingerprint density at radius 2 is 1.81 bits per heavy atom. The zero-order valence-corrected chi connectivity index (χ0v) is 11.3. The fraction of sp³-hybridized carbons (Fsp3) is 0.125. The number of rotatable bonds is 5. The van der Waals surface area contributed by atoms with E-state index in [9.17, 15) is 14.0 Å². The topological polar surface area (TPSA) is 63.6 Å². The minimum atomic E-state index is -1.40. The third kappa shape index (κ3) is 3.25. The molecule has 21 heavy (non-hydrogen) atoms. The Labute approximate surface area is 120 Å². The first-order chi connectivity index (χ1) is 10.0. The molecule has 0 radical (unpaired) electrons. The Morgan fingerprint density at radius 3 is 2.38 bits per heavy atom. The van der Waals surface area contributed by atoms with Crippen LogP contribution in [0.25, 0.3) is 0 Å². The molecule has 108 valence electrons. The number of carbonyl (C=O) groups is 2. The van der Waals surface area contributed by atoms with Crippen molar-refractivity contribution >= 4 is 11.8 Å². The number of aromatic carboxylic acids is 1. The molecule has 0 aliphatic rings. The van der Waals surface area contributed by atoms with E-state index in [1.165, 1.54) is 12.1 Å². The van der Waals surface area contributed by atoms with Crippen molar-refractivity contribution in [3.63, 3.8) is 0 Å². The molecule has 5 heteroatoms. The van der Waals surface area contributed by atoms with Gasteiger partial charge in [0, 0.05) is 12.0 Å². The highest BCUT2D eigenvalue weighted by Gasteiger charge is 2.17. The molecule has 4 nitrogen and oxygen atoms in total. The van der Waals surface area contributed by atoms with Gasteiger partial charge in [0.2, 0.25) is 0 Å². The van der Waals surface area contributed by atoms with Crippen LogP contribution in [0.3, 0.4) is 0 Å². The number of benzene rings is 2. The van der Waals surface area contributed by atoms with Crippen molar-refractivity contribution in [2.75, 3.05) is 0 Å². The first-order valence-electron chi connectivity index (χ1n) is 6.36. The monoisotopic (exact) mass is 288 g/mol. The fourth-order valence-electron chi connectivity index (χ4n) is 1.84. The summed E-state index contributed by atoms with van der Waals surface area (Å²) in [5.74, 6) is -2.02. The number of halogens is 1. The summed E-state index contributed by atoms with van der Waals surface area (Å²) in [4.78, 5) is 22.6. The minimum Gasteiger partial charge on any atom is -0.477 e. The number of carbonyl (C=O) groups excluding carboxylic acids is 1. The van der Waals surface area contributed by atoms with Crippen molar-refractivity contribution in [3.05, 3.63) is 59.4 Å². The van der Waals surface area contributed by atoms with Gasteiger partial charge in [-0.15, -0.1) is 0 Å². The summed E-state index contributed by atoms with van der Waals surface area (Å²) in [6, 6.07) is 10.0. The van der Waals surface area contributed by atoms with Crippen molar-refractivity contribution in [1.82, 2.24) is 0 Å². The van der Waals surface area contributed by atoms with Gasteiger partial charge in [0.15, 0.2) is 5.78 Å². The average molecular weight is 288 g/mol. The second kappa shape index (κ2) is 6.17. The average Bonchev–Trinajstić information content (AvgIpc) is 2.47. The molecule has 0 bridgehead atoms. The van der Waals surface area contributed by atoms with Crippen LogP contribution in [0.1, 0.15) is 34.1 Å². The van der Waals surface area contributed by atoms with Gasteiger partial charge in [0.1, 0.15) is 22.9 Å². The van der Waals surface area contributed by atoms with E-state index < -0.39 is 17.3 Å². The normalized spacial score (nSPS) is 10.2. The van der Waals surface area contributed by atoms with E-state index in [1.54, 1.807) is 31.2 Å². The molecule has 0 amide bonds. The molecular weight excluding hydrogens is 275 g/mol. The number of Topliss-reactive ketones (excluding diaryl/α,β-unsaturated/α-hetero) is 1. The molecule has 0 atom stereocenters. The predicted molar refractivity (Wildman–Crippen MR) is 74.5 cm³/mol. The summed E-state index contributed by atoms with van der Waals surface area (Å²) in [6.45, 7) is 1.76. The molecule has 2 aromatic carbocycles. The maximum Gasteiger partial charge on any atom is 0.342 e. The summed E-state index contributed by atoms with van der Waals surface area (Å²) < 4.78 is 18.9. The summed E-state index contributed by atoms with van der Waals surface area (Å²) in [5, 5.41) is 9.01. The molecule has 0 heterocycles. The Kier molecular flexibility index (Phi) is 4.33. The summed E-state index contributed by atoms with van der Waals surface area (Å²) in [7, 11) is 0. The van der Waals surface area contributed by atoms with Gasteiger partial charge in [0.05, 0.1) is 0 Å². The smallest absolute Gasteiger partial charge is 0.342 e. The quantitative estimate of drug-likeness (QED) is 0.847. The molecule has 0 saturated heterocycles. The molecular formula is C16H13FO4. The zero-order valence-electron chi connectivity index (χ0n) is 11.3. The van der Waals surface area contributed by atoms with E-state index in [1.807, 2.05) is 0 Å². The number of ketones is 1. The Morgan fingerprint density at radius 1 is 1.14 bits per heavy atom. The standard InChI is InChI=1S/C16H13FO4/c1-2-13(18)10-6-8-11(9-7-10)21-14-5-3-4-12(17)15(14)16(19)20/h3-9H,2H2,1H3,(H,19,20). The highest BCUT2D eigenvalue weighted by Crippen LogP contribution is 2.27. The van der Waals surface area contributed by atoms with Gasteiger partial charge < -0.3 is 9.84 Å². The maximum absolute atomic E-state index is 13.5. The molecule has 0 aliphatic heterocycles. The van der Waals surface area contributed by atoms with E-state index in [2.05, 4.69) is 0 Å². The third-order valence-electron chi connectivity index (χ3n) is 2.91. The van der Waals surface area contributed by atoms with E-state index in [4.69, 9.17) is 9.84 Å². The van der Waals surface area contributed by atoms with Crippen molar-refractivity contribution in [2.24, 2.45) is 0 Å². The summed E-state index contributed by atoms with van der Waals surface area (Å²) in [6.07, 6.45) is 0.396. The first-order valence-corrected chi connectivity index (χ1v) is 6.36. The number of hydrogen-bond acceptors (Lipinski definition) is 3. The van der Waals surface area contributed by atoms with Gasteiger partial charge in [-0.05, 0) is 36.4 Å². The highest BCUT2D eigenvalue weighted by molar-refractivity contribution is 5.96. The maximum atomic E-state index is 13.5. The van der Waals surface area contributed by atoms with E-state index in [0.29, 0.717) is 17.7 Å². The van der Waals surface area contributed by atoms with Crippen LogP contribution >= 0.6 is 0 Å². The third-order valence-corrected chi connectivity index (χ3v) is 2.91. The second-order valence-corrected chi connectivity index (χ2v) is 4.32. The van der Waals surface area contributed by atoms with Crippen LogP contribution in [0.2, 0.25) is 0 Å². The molecule has 1 N–H and O–H groups in total. The van der Waals surface area contributed by atoms with Crippen LogP contribution in [0.4, 0.5) is 4.39 Å². The predicted octanol–water partition coefficient (Wildman–Crippen LogP) is 3.91. The van der Waals surface area contributed by atoms with Crippen LogP contribution in [0.5, 0.6) is 11.5 Å². The van der Waals surface area contributed by atoms with Gasteiger partial charge >= 0.3 is 5.97 Å². The van der Waals surface area contributed by atoms with Gasteiger partial charge in [-0.1, -0.05) is 13.0 Å². The van der Waals surface area contributed by atoms with Crippen LogP contribution in [0.15, 0.2) is 42.5 Å². The largest absolute Gasteiger partial charge is 0.477 e. The number of hydrogen-bond donors (Lipinski definition) is 1. The lowest BCUT2D eigenvalue weighted by Crippen LogP contribution is -2.03.